The van der Waals surface area contributed by atoms with E-state index in [-0.39, 0.29) is 11.4 Å². The van der Waals surface area contributed by atoms with Gasteiger partial charge in [0, 0.05) is 17.7 Å². The molecule has 8 heteroatoms. The lowest BCUT2D eigenvalue weighted by Crippen LogP contribution is -2.22. The zero-order chi connectivity index (χ0) is 14.0. The van der Waals surface area contributed by atoms with E-state index in [0.717, 1.165) is 0 Å². The molecule has 0 aliphatic carbocycles. The molecule has 0 unspecified atom stereocenters. The van der Waals surface area contributed by atoms with Crippen molar-refractivity contribution in [3.8, 4) is 5.75 Å². The Balaban J connectivity index is 2.45. The number of hydrogen-bond acceptors (Lipinski definition) is 5. The summed E-state index contributed by atoms with van der Waals surface area (Å²) in [5, 5.41) is 15.0. The molecule has 98 valence electrons. The first-order chi connectivity index (χ1) is 9.01. The predicted octanol–water partition coefficient (Wildman–Crippen LogP) is 0.784. The van der Waals surface area contributed by atoms with Crippen LogP contribution in [-0.2, 0) is 4.79 Å². The quantitative estimate of drug-likeness (QED) is 0.362. The Morgan fingerprint density at radius 3 is 2.58 bits per heavy atom. The summed E-state index contributed by atoms with van der Waals surface area (Å²) in [4.78, 5) is 32.5. The van der Waals surface area contributed by atoms with Gasteiger partial charge in [0.25, 0.3) is 11.6 Å². The van der Waals surface area contributed by atoms with E-state index in [1.807, 2.05) is 5.32 Å². The van der Waals surface area contributed by atoms with Crippen molar-refractivity contribution in [2.45, 2.75) is 0 Å². The third-order valence-corrected chi connectivity index (χ3v) is 2.44. The molecule has 3 amide bonds. The third kappa shape index (κ3) is 2.51. The first-order valence-corrected chi connectivity index (χ1v) is 5.17. The molecule has 0 atom stereocenters. The lowest BCUT2D eigenvalue weighted by Gasteiger charge is -2.04. The topological polar surface area (TPSA) is 111 Å². The van der Waals surface area contributed by atoms with Crippen molar-refractivity contribution in [1.82, 2.24) is 10.6 Å². The molecule has 0 aromatic heterocycles. The number of hydrogen-bond donors (Lipinski definition) is 2. The number of imide groups is 1. The highest BCUT2D eigenvalue weighted by atomic mass is 16.6. The van der Waals surface area contributed by atoms with Gasteiger partial charge in [0.1, 0.15) is 11.4 Å². The van der Waals surface area contributed by atoms with Gasteiger partial charge in [-0.05, 0) is 12.1 Å². The smallest absolute Gasteiger partial charge is 0.326 e. The Morgan fingerprint density at radius 1 is 1.32 bits per heavy atom. The van der Waals surface area contributed by atoms with E-state index in [1.165, 1.54) is 31.4 Å². The lowest BCUT2D eigenvalue weighted by molar-refractivity contribution is -0.384. The van der Waals surface area contributed by atoms with Crippen molar-refractivity contribution in [3.05, 3.63) is 39.6 Å². The monoisotopic (exact) mass is 263 g/mol. The molecule has 1 aliphatic heterocycles. The van der Waals surface area contributed by atoms with Gasteiger partial charge in [-0.25, -0.2) is 4.79 Å². The summed E-state index contributed by atoms with van der Waals surface area (Å²) in [7, 11) is 1.40. The Bertz CT molecular complexity index is 608. The molecule has 0 bridgehead atoms. The van der Waals surface area contributed by atoms with E-state index < -0.39 is 16.9 Å². The van der Waals surface area contributed by atoms with Gasteiger partial charge in [-0.2, -0.15) is 0 Å². The number of non-ortho nitro benzene ring substituents is 1. The molecule has 2 rings (SSSR count). The van der Waals surface area contributed by atoms with Crippen LogP contribution in [0.3, 0.4) is 0 Å². The van der Waals surface area contributed by atoms with Crippen molar-refractivity contribution < 1.29 is 19.2 Å². The highest BCUT2D eigenvalue weighted by Crippen LogP contribution is 2.26. The van der Waals surface area contributed by atoms with E-state index in [0.29, 0.717) is 11.3 Å². The summed E-state index contributed by atoms with van der Waals surface area (Å²) >= 11 is 0. The number of benzene rings is 1. The van der Waals surface area contributed by atoms with Gasteiger partial charge in [0.15, 0.2) is 0 Å². The molecule has 19 heavy (non-hydrogen) atoms. The minimum absolute atomic E-state index is 0.00352. The average Bonchev–Trinajstić information content (AvgIpc) is 2.67. The molecule has 0 spiro atoms. The Morgan fingerprint density at radius 2 is 2.05 bits per heavy atom. The van der Waals surface area contributed by atoms with Crippen LogP contribution in [0.5, 0.6) is 5.75 Å². The summed E-state index contributed by atoms with van der Waals surface area (Å²) in [6.45, 7) is 0. The molecule has 0 saturated carbocycles. The Labute approximate surface area is 107 Å². The highest BCUT2D eigenvalue weighted by Gasteiger charge is 2.23. The van der Waals surface area contributed by atoms with Crippen LogP contribution in [0.25, 0.3) is 6.08 Å². The van der Waals surface area contributed by atoms with Gasteiger partial charge in [0.05, 0.1) is 12.0 Å². The fraction of sp³-hybridized carbons (Fsp3) is 0.0909. The summed E-state index contributed by atoms with van der Waals surface area (Å²) in [5.41, 5.74) is 0.185. The van der Waals surface area contributed by atoms with E-state index >= 15 is 0 Å². The maximum absolute atomic E-state index is 11.4. The predicted molar refractivity (Wildman–Crippen MR) is 64.3 cm³/mol. The summed E-state index contributed by atoms with van der Waals surface area (Å²) in [5.74, 6) is -0.245. The molecule has 1 heterocycles. The number of nitrogens with zero attached hydrogens (tertiary/aromatic N) is 1. The lowest BCUT2D eigenvalue weighted by atomic mass is 10.1. The standard InChI is InChI=1S/C11H9N3O5/c1-19-9-3-2-7(14(17)18)4-6(9)5-8-10(15)13-11(16)12-8/h2-5H,1H3,(H2,12,13,15,16)/b8-5+. The van der Waals surface area contributed by atoms with Gasteiger partial charge in [-0.15, -0.1) is 0 Å². The number of nitro benzene ring substituents is 1. The minimum Gasteiger partial charge on any atom is -0.496 e. The first kappa shape index (κ1) is 12.6. The number of ether oxygens (including phenoxy) is 1. The highest BCUT2D eigenvalue weighted by molar-refractivity contribution is 6.14. The number of carbonyl (C=O) groups excluding carboxylic acids is 2. The van der Waals surface area contributed by atoms with Crippen molar-refractivity contribution in [3.63, 3.8) is 0 Å². The molecule has 0 radical (unpaired) electrons. The first-order valence-electron chi connectivity index (χ1n) is 5.17. The van der Waals surface area contributed by atoms with Gasteiger partial charge in [-0.1, -0.05) is 0 Å². The normalized spacial score (nSPS) is 16.2. The second-order valence-electron chi connectivity index (χ2n) is 3.65. The molecule has 1 aromatic carbocycles. The van der Waals surface area contributed by atoms with Gasteiger partial charge < -0.3 is 10.1 Å². The van der Waals surface area contributed by atoms with E-state index in [4.69, 9.17) is 4.74 Å². The number of nitrogens with one attached hydrogen (secondary N) is 2. The number of methoxy groups -OCH3 is 1. The van der Waals surface area contributed by atoms with Gasteiger partial charge in [-0.3, -0.25) is 20.2 Å². The zero-order valence-electron chi connectivity index (χ0n) is 9.80. The van der Waals surface area contributed by atoms with Crippen LogP contribution in [0, 0.1) is 10.1 Å². The molecular formula is C11H9N3O5. The number of carbonyl (C=O) groups is 2. The number of nitro groups is 1. The fourth-order valence-corrected chi connectivity index (χ4v) is 1.59. The molecule has 1 aliphatic rings. The minimum atomic E-state index is -0.638. The number of rotatable bonds is 3. The maximum atomic E-state index is 11.4. The van der Waals surface area contributed by atoms with Crippen LogP contribution < -0.4 is 15.4 Å². The second kappa shape index (κ2) is 4.77. The van der Waals surface area contributed by atoms with Gasteiger partial charge >= 0.3 is 6.03 Å². The van der Waals surface area contributed by atoms with E-state index in [2.05, 4.69) is 5.32 Å². The zero-order valence-corrected chi connectivity index (χ0v) is 9.80. The second-order valence-corrected chi connectivity index (χ2v) is 3.65. The van der Waals surface area contributed by atoms with Crippen LogP contribution in [0.4, 0.5) is 10.5 Å². The molecule has 1 aromatic rings. The summed E-state index contributed by atoms with van der Waals surface area (Å²) in [6.07, 6.45) is 1.31. The van der Waals surface area contributed by atoms with E-state index in [9.17, 15) is 19.7 Å². The number of amides is 3. The van der Waals surface area contributed by atoms with Gasteiger partial charge in [0.2, 0.25) is 0 Å². The van der Waals surface area contributed by atoms with Crippen molar-refractivity contribution in [1.29, 1.82) is 0 Å². The molecule has 1 fully saturated rings. The van der Waals surface area contributed by atoms with Crippen LogP contribution in [0.2, 0.25) is 0 Å². The van der Waals surface area contributed by atoms with Crippen molar-refractivity contribution in [2.24, 2.45) is 0 Å². The summed E-state index contributed by atoms with van der Waals surface area (Å²) in [6, 6.07) is 3.32. The maximum Gasteiger partial charge on any atom is 0.326 e. The molecule has 8 nitrogen and oxygen atoms in total. The third-order valence-electron chi connectivity index (χ3n) is 2.44. The Hall–Kier alpha value is -2.90. The average molecular weight is 263 g/mol. The fourth-order valence-electron chi connectivity index (χ4n) is 1.59. The molecular weight excluding hydrogens is 254 g/mol. The molecule has 1 saturated heterocycles. The van der Waals surface area contributed by atoms with Crippen LogP contribution >= 0.6 is 0 Å². The van der Waals surface area contributed by atoms with E-state index in [1.54, 1.807) is 0 Å². The largest absolute Gasteiger partial charge is 0.496 e. The van der Waals surface area contributed by atoms with Crippen molar-refractivity contribution >= 4 is 23.7 Å². The van der Waals surface area contributed by atoms with Crippen molar-refractivity contribution in [2.75, 3.05) is 7.11 Å². The Kier molecular flexibility index (Phi) is 3.15. The number of urea groups is 1. The summed E-state index contributed by atoms with van der Waals surface area (Å²) < 4.78 is 5.04. The van der Waals surface area contributed by atoms with Crippen LogP contribution in [0.1, 0.15) is 5.56 Å². The SMILES string of the molecule is COc1ccc([N+](=O)[O-])cc1/C=C1/NC(=O)NC1=O. The molecule has 2 N–H and O–H groups in total. The van der Waals surface area contributed by atoms with Crippen LogP contribution in [-0.4, -0.2) is 24.0 Å². The van der Waals surface area contributed by atoms with Crippen LogP contribution in [0.15, 0.2) is 23.9 Å².